The first-order valence-corrected chi connectivity index (χ1v) is 22.0. The first-order chi connectivity index (χ1) is 32.2. The smallest absolute Gasteiger partial charge is 0.329 e. The van der Waals surface area contributed by atoms with Crippen LogP contribution in [0.15, 0.2) is 84.9 Å². The van der Waals surface area contributed by atoms with E-state index in [0.717, 1.165) is 29.0 Å². The highest BCUT2D eigenvalue weighted by molar-refractivity contribution is 5.01. The number of aromatic nitrogens is 20. The van der Waals surface area contributed by atoms with Crippen LogP contribution in [0.25, 0.3) is 0 Å². The molecule has 77 heavy (non-hydrogen) atoms. The summed E-state index contributed by atoms with van der Waals surface area (Å²) in [4.78, 5) is 50.6. The van der Waals surface area contributed by atoms with E-state index in [1.165, 1.54) is 18.7 Å². The summed E-state index contributed by atoms with van der Waals surface area (Å²) in [5.41, 5.74) is 0.927. The van der Waals surface area contributed by atoms with Gasteiger partial charge < -0.3 is 4.98 Å². The van der Waals surface area contributed by atoms with Crippen molar-refractivity contribution in [1.82, 2.24) is 102 Å². The summed E-state index contributed by atoms with van der Waals surface area (Å²) in [6.45, 7) is 38.4. The maximum atomic E-state index is 10.5. The van der Waals surface area contributed by atoms with Crippen LogP contribution in [0.4, 0.5) is 0 Å². The van der Waals surface area contributed by atoms with E-state index < -0.39 is 11.5 Å². The lowest BCUT2D eigenvalue weighted by Crippen LogP contribution is -2.14. The third-order valence-electron chi connectivity index (χ3n) is 8.08. The number of nitrogens with zero attached hydrogens (tertiary/aromatic N) is 13. The molecule has 25 heteroatoms. The first kappa shape index (κ1) is 83.4. The molecule has 0 fully saturated rings. The fraction of sp³-hybridized carbons (Fsp3) is 0.615. The Kier molecular flexibility index (Phi) is 41.2. The van der Waals surface area contributed by atoms with Crippen molar-refractivity contribution in [3.63, 3.8) is 0 Å². The van der Waals surface area contributed by atoms with Gasteiger partial charge >= 0.3 is 11.5 Å². The van der Waals surface area contributed by atoms with Crippen molar-refractivity contribution in [3.8, 4) is 0 Å². The molecule has 7 N–H and O–H groups in total. The highest BCUT2D eigenvalue weighted by Crippen LogP contribution is 2.18. The standard InChI is InChI=1S/2C6H11N3.2C6H10N2O2.C6H7N.2C5H10N4.C5H5NO.7CH4/c2*1-6(2,3)5-7-4-8-9-5;2*1-6(2,3)4-7-5(9)10-8-4;1-6-4-2-3-5-7-6;2*1-5(2,3)4-6-8-9-7-4;7-5-3-1-2-4-6-5;;;;;;;/h2*4H,1-3H3,(H,7,8,9);2*1-3H3,(H,7,8,9);2-5H,1H3;2*1-3H3,(H,6,7,8,9);1-4H,(H,6,7);7*1H4. The van der Waals surface area contributed by atoms with Gasteiger partial charge in [0.05, 0.1) is 0 Å². The molecule has 0 radical (unpaired) electrons. The van der Waals surface area contributed by atoms with Crippen LogP contribution >= 0.6 is 0 Å². The Bertz CT molecular complexity index is 2430. The fourth-order valence-corrected chi connectivity index (χ4v) is 4.03. The molecule has 0 aliphatic heterocycles. The molecule has 0 spiro atoms. The Hall–Kier alpha value is -7.60. The predicted molar refractivity (Wildman–Crippen MR) is 311 cm³/mol. The molecule has 8 aromatic heterocycles. The van der Waals surface area contributed by atoms with Gasteiger partial charge in [0.2, 0.25) is 5.56 Å². The number of H-pyrrole nitrogens is 7. The molecule has 0 saturated carbocycles. The molecule has 25 nitrogen and oxygen atoms in total. The largest absolute Gasteiger partial charge is 0.438 e. The zero-order valence-corrected chi connectivity index (χ0v) is 44.1. The third kappa shape index (κ3) is 36.9. The molecule has 0 atom stereocenters. The van der Waals surface area contributed by atoms with Crippen LogP contribution in [0, 0.1) is 6.92 Å². The van der Waals surface area contributed by atoms with Crippen LogP contribution in [0.3, 0.4) is 0 Å². The Balaban J connectivity index is -0.000000144. The van der Waals surface area contributed by atoms with Gasteiger partial charge in [-0.2, -0.15) is 20.6 Å². The molecule has 8 aromatic rings. The molecule has 0 aromatic carbocycles. The van der Waals surface area contributed by atoms with Gasteiger partial charge in [-0.05, 0) is 25.1 Å². The van der Waals surface area contributed by atoms with Gasteiger partial charge in [-0.1, -0.05) is 209 Å². The molecule has 8 heterocycles. The molecule has 8 rings (SSSR count). The third-order valence-corrected chi connectivity index (χ3v) is 8.08. The highest BCUT2D eigenvalue weighted by Gasteiger charge is 2.21. The summed E-state index contributed by atoms with van der Waals surface area (Å²) >= 11 is 0. The summed E-state index contributed by atoms with van der Waals surface area (Å²) in [6.07, 6.45) is 6.44. The van der Waals surface area contributed by atoms with E-state index in [9.17, 15) is 14.4 Å². The Morgan fingerprint density at radius 3 is 0.935 bits per heavy atom. The number of aryl methyl sites for hydroxylation is 1. The van der Waals surface area contributed by atoms with E-state index in [-0.39, 0.29) is 90.0 Å². The minimum Gasteiger partial charge on any atom is -0.329 e. The van der Waals surface area contributed by atoms with Crippen LogP contribution in [-0.2, 0) is 32.5 Å². The molecule has 440 valence electrons. The maximum absolute atomic E-state index is 10.5. The van der Waals surface area contributed by atoms with Crippen molar-refractivity contribution in [2.45, 2.75) is 216 Å². The monoisotopic (exact) mass is 1090 g/mol. The van der Waals surface area contributed by atoms with Crippen LogP contribution in [-0.4, -0.2) is 102 Å². The Morgan fingerprint density at radius 1 is 0.442 bits per heavy atom. The molecular weight excluding hydrogens is 985 g/mol. The minimum atomic E-state index is -0.495. The summed E-state index contributed by atoms with van der Waals surface area (Å²) in [5, 5.41) is 47.3. The lowest BCUT2D eigenvalue weighted by Gasteiger charge is -2.12. The SMILES string of the molecule is C.C.C.C.C.C.C.CC(C)(C)c1ncn[nH]1.CC(C)(C)c1ncn[nH]1.CC(C)(C)c1nn[nH]n1.CC(C)(C)c1nn[nH]n1.CC(C)(C)c1noc(=O)[nH]1.CC(C)(C)c1noc(=O)[nH]1.Cc1ccccn1.O=c1cccc[nH]1. The van der Waals surface area contributed by atoms with Crippen molar-refractivity contribution in [2.75, 3.05) is 0 Å². The van der Waals surface area contributed by atoms with Crippen LogP contribution in [0.5, 0.6) is 0 Å². The molecular formula is C52H102N20O5. The average Bonchev–Trinajstić information content (AvgIpc) is 4.10. The van der Waals surface area contributed by atoms with Gasteiger partial charge in [0.15, 0.2) is 23.3 Å². The molecule has 0 saturated heterocycles. The van der Waals surface area contributed by atoms with E-state index in [4.69, 9.17) is 0 Å². The van der Waals surface area contributed by atoms with E-state index in [0.29, 0.717) is 11.6 Å². The number of aromatic amines is 7. The van der Waals surface area contributed by atoms with Gasteiger partial charge in [0, 0.05) is 56.6 Å². The van der Waals surface area contributed by atoms with Crippen LogP contribution in [0.1, 0.15) is 217 Å². The molecule has 0 bridgehead atoms. The zero-order chi connectivity index (χ0) is 53.4. The lowest BCUT2D eigenvalue weighted by molar-refractivity contribution is 0.369. The van der Waals surface area contributed by atoms with Gasteiger partial charge in [0.25, 0.3) is 0 Å². The second kappa shape index (κ2) is 38.0. The van der Waals surface area contributed by atoms with Crippen molar-refractivity contribution >= 4 is 0 Å². The van der Waals surface area contributed by atoms with Gasteiger partial charge in [-0.15, -0.1) is 20.4 Å². The summed E-state index contributed by atoms with van der Waals surface area (Å²) in [7, 11) is 0. The second-order valence-electron chi connectivity index (χ2n) is 21.2. The van der Waals surface area contributed by atoms with Crippen molar-refractivity contribution < 1.29 is 9.05 Å². The molecule has 0 aliphatic rings. The Morgan fingerprint density at radius 2 is 0.805 bits per heavy atom. The lowest BCUT2D eigenvalue weighted by atomic mass is 9.96. The second-order valence-corrected chi connectivity index (χ2v) is 21.2. The predicted octanol–water partition coefficient (Wildman–Crippen LogP) is 10.7. The van der Waals surface area contributed by atoms with E-state index in [1.54, 1.807) is 24.5 Å². The normalized spacial score (nSPS) is 10.2. The number of nitrogens with one attached hydrogen (secondary N) is 7. The van der Waals surface area contributed by atoms with Crippen molar-refractivity contribution in [3.05, 3.63) is 134 Å². The molecule has 0 amide bonds. The zero-order valence-electron chi connectivity index (χ0n) is 44.1. The number of tetrazole rings is 2. The summed E-state index contributed by atoms with van der Waals surface area (Å²) in [6, 6.07) is 10.8. The molecule has 0 aliphatic carbocycles. The van der Waals surface area contributed by atoms with E-state index in [1.807, 2.05) is 108 Å². The fourth-order valence-electron chi connectivity index (χ4n) is 4.03. The van der Waals surface area contributed by atoms with Crippen LogP contribution in [0.2, 0.25) is 0 Å². The number of hydrogen-bond donors (Lipinski definition) is 7. The minimum absolute atomic E-state index is 0. The maximum Gasteiger partial charge on any atom is 0.438 e. The number of rotatable bonds is 0. The Labute approximate surface area is 459 Å². The van der Waals surface area contributed by atoms with Gasteiger partial charge in [0.1, 0.15) is 24.3 Å². The van der Waals surface area contributed by atoms with Gasteiger partial charge in [-0.3, -0.25) is 39.0 Å². The average molecular weight is 1090 g/mol. The van der Waals surface area contributed by atoms with Crippen molar-refractivity contribution in [1.29, 1.82) is 0 Å². The molecule has 0 unspecified atom stereocenters. The first-order valence-electron chi connectivity index (χ1n) is 22.0. The van der Waals surface area contributed by atoms with Gasteiger partial charge in [-0.25, -0.2) is 19.6 Å². The number of hydrogen-bond acceptors (Lipinski definition) is 18. The van der Waals surface area contributed by atoms with Crippen LogP contribution < -0.4 is 17.1 Å². The topological polar surface area (TPSA) is 356 Å². The van der Waals surface area contributed by atoms with E-state index in [2.05, 4.69) is 152 Å². The van der Waals surface area contributed by atoms with Crippen molar-refractivity contribution in [2.24, 2.45) is 0 Å². The summed E-state index contributed by atoms with van der Waals surface area (Å²) in [5.74, 6) is 3.54. The quantitative estimate of drug-likeness (QED) is 0.0742. The summed E-state index contributed by atoms with van der Waals surface area (Å²) < 4.78 is 8.66. The number of pyridine rings is 2. The van der Waals surface area contributed by atoms with E-state index >= 15 is 0 Å². The highest BCUT2D eigenvalue weighted by atomic mass is 16.5.